The standard InChI is InChI=1S/C14H19ClN2O/c1-10(11-5-4-6-12(15)9-11)17-13(18)14(16)7-2-3-8-14/h4-6,9-10H,2-3,7-8,16H2,1H3,(H,17,18). The van der Waals surface area contributed by atoms with E-state index in [1.807, 2.05) is 31.2 Å². The van der Waals surface area contributed by atoms with Crippen molar-refractivity contribution < 1.29 is 4.79 Å². The monoisotopic (exact) mass is 266 g/mol. The van der Waals surface area contributed by atoms with Crippen molar-refractivity contribution in [2.75, 3.05) is 0 Å². The van der Waals surface area contributed by atoms with E-state index in [0.717, 1.165) is 31.2 Å². The van der Waals surface area contributed by atoms with Crippen LogP contribution in [0.2, 0.25) is 5.02 Å². The van der Waals surface area contributed by atoms with Crippen molar-refractivity contribution in [2.45, 2.75) is 44.2 Å². The molecule has 1 aliphatic rings. The highest BCUT2D eigenvalue weighted by Crippen LogP contribution is 2.28. The minimum Gasteiger partial charge on any atom is -0.348 e. The van der Waals surface area contributed by atoms with E-state index in [-0.39, 0.29) is 11.9 Å². The number of rotatable bonds is 3. The summed E-state index contributed by atoms with van der Waals surface area (Å²) in [6.07, 6.45) is 3.63. The van der Waals surface area contributed by atoms with Gasteiger partial charge in [-0.05, 0) is 37.5 Å². The molecule has 0 heterocycles. The van der Waals surface area contributed by atoms with Crippen LogP contribution in [-0.4, -0.2) is 11.4 Å². The minimum absolute atomic E-state index is 0.0486. The fourth-order valence-electron chi connectivity index (χ4n) is 2.43. The molecule has 1 aliphatic carbocycles. The van der Waals surface area contributed by atoms with Crippen molar-refractivity contribution in [3.8, 4) is 0 Å². The summed E-state index contributed by atoms with van der Waals surface area (Å²) in [5, 5.41) is 3.66. The zero-order valence-electron chi connectivity index (χ0n) is 10.6. The van der Waals surface area contributed by atoms with E-state index >= 15 is 0 Å². The lowest BCUT2D eigenvalue weighted by Crippen LogP contribution is -2.52. The van der Waals surface area contributed by atoms with E-state index in [1.54, 1.807) is 0 Å². The van der Waals surface area contributed by atoms with Crippen LogP contribution in [0.1, 0.15) is 44.2 Å². The lowest BCUT2D eigenvalue weighted by atomic mass is 9.97. The van der Waals surface area contributed by atoms with Gasteiger partial charge < -0.3 is 11.1 Å². The number of hydrogen-bond acceptors (Lipinski definition) is 2. The molecule has 18 heavy (non-hydrogen) atoms. The van der Waals surface area contributed by atoms with Gasteiger partial charge in [0.2, 0.25) is 5.91 Å². The zero-order valence-corrected chi connectivity index (χ0v) is 11.3. The average molecular weight is 267 g/mol. The molecule has 0 aliphatic heterocycles. The Morgan fingerprint density at radius 1 is 1.44 bits per heavy atom. The second-order valence-electron chi connectivity index (χ2n) is 5.11. The fourth-order valence-corrected chi connectivity index (χ4v) is 2.63. The number of hydrogen-bond donors (Lipinski definition) is 2. The molecule has 0 saturated heterocycles. The number of carbonyl (C=O) groups is 1. The summed E-state index contributed by atoms with van der Waals surface area (Å²) in [6, 6.07) is 7.45. The van der Waals surface area contributed by atoms with Gasteiger partial charge in [0.25, 0.3) is 0 Å². The van der Waals surface area contributed by atoms with Crippen LogP contribution in [0.3, 0.4) is 0 Å². The van der Waals surface area contributed by atoms with Gasteiger partial charge in [0.1, 0.15) is 0 Å². The summed E-state index contributed by atoms with van der Waals surface area (Å²) in [7, 11) is 0. The Labute approximate surface area is 113 Å². The zero-order chi connectivity index (χ0) is 13.2. The highest BCUT2D eigenvalue weighted by molar-refractivity contribution is 6.30. The molecule has 2 rings (SSSR count). The molecule has 1 saturated carbocycles. The SMILES string of the molecule is CC(NC(=O)C1(N)CCCC1)c1cccc(Cl)c1. The third-order valence-corrected chi connectivity index (χ3v) is 3.88. The van der Waals surface area contributed by atoms with Crippen molar-refractivity contribution in [1.29, 1.82) is 0 Å². The first-order valence-corrected chi connectivity index (χ1v) is 6.74. The van der Waals surface area contributed by atoms with Crippen molar-refractivity contribution in [3.63, 3.8) is 0 Å². The van der Waals surface area contributed by atoms with Crippen LogP contribution in [0.25, 0.3) is 0 Å². The van der Waals surface area contributed by atoms with Crippen molar-refractivity contribution in [3.05, 3.63) is 34.9 Å². The molecule has 3 nitrogen and oxygen atoms in total. The fraction of sp³-hybridized carbons (Fsp3) is 0.500. The van der Waals surface area contributed by atoms with E-state index in [4.69, 9.17) is 17.3 Å². The predicted octanol–water partition coefficient (Wildman–Crippen LogP) is 2.79. The maximum Gasteiger partial charge on any atom is 0.240 e. The molecule has 0 bridgehead atoms. The quantitative estimate of drug-likeness (QED) is 0.884. The molecule has 0 spiro atoms. The summed E-state index contributed by atoms with van der Waals surface area (Å²) in [5.41, 5.74) is 6.44. The third kappa shape index (κ3) is 2.85. The molecular weight excluding hydrogens is 248 g/mol. The highest BCUT2D eigenvalue weighted by Gasteiger charge is 2.37. The molecular formula is C14H19ClN2O. The summed E-state index contributed by atoms with van der Waals surface area (Å²) in [6.45, 7) is 1.95. The van der Waals surface area contributed by atoms with E-state index in [2.05, 4.69) is 5.32 Å². The first-order chi connectivity index (χ1) is 8.51. The topological polar surface area (TPSA) is 55.1 Å². The van der Waals surface area contributed by atoms with Crippen LogP contribution in [0.4, 0.5) is 0 Å². The summed E-state index contributed by atoms with van der Waals surface area (Å²) >= 11 is 5.94. The normalized spacial score (nSPS) is 19.5. The Morgan fingerprint density at radius 3 is 2.72 bits per heavy atom. The number of halogens is 1. The first kappa shape index (κ1) is 13.4. The van der Waals surface area contributed by atoms with E-state index < -0.39 is 5.54 Å². The van der Waals surface area contributed by atoms with E-state index in [0.29, 0.717) is 5.02 Å². The second-order valence-corrected chi connectivity index (χ2v) is 5.55. The van der Waals surface area contributed by atoms with Gasteiger partial charge in [-0.15, -0.1) is 0 Å². The molecule has 1 aromatic rings. The lowest BCUT2D eigenvalue weighted by molar-refractivity contribution is -0.126. The van der Waals surface area contributed by atoms with Gasteiger partial charge in [-0.2, -0.15) is 0 Å². The van der Waals surface area contributed by atoms with Crippen LogP contribution in [0.15, 0.2) is 24.3 Å². The van der Waals surface area contributed by atoms with Gasteiger partial charge in [-0.1, -0.05) is 36.6 Å². The van der Waals surface area contributed by atoms with Crippen molar-refractivity contribution in [2.24, 2.45) is 5.73 Å². The van der Waals surface area contributed by atoms with Gasteiger partial charge >= 0.3 is 0 Å². The maximum atomic E-state index is 12.2. The van der Waals surface area contributed by atoms with Crippen LogP contribution in [-0.2, 0) is 4.79 Å². The molecule has 1 aromatic carbocycles. The molecule has 1 amide bonds. The Balaban J connectivity index is 2.03. The largest absolute Gasteiger partial charge is 0.348 e. The Kier molecular flexibility index (Phi) is 3.93. The minimum atomic E-state index is -0.674. The number of carbonyl (C=O) groups excluding carboxylic acids is 1. The van der Waals surface area contributed by atoms with Crippen LogP contribution < -0.4 is 11.1 Å². The van der Waals surface area contributed by atoms with Crippen LogP contribution in [0, 0.1) is 0 Å². The highest BCUT2D eigenvalue weighted by atomic mass is 35.5. The van der Waals surface area contributed by atoms with Gasteiger partial charge in [-0.25, -0.2) is 0 Å². The van der Waals surface area contributed by atoms with Crippen LogP contribution in [0.5, 0.6) is 0 Å². The third-order valence-electron chi connectivity index (χ3n) is 3.64. The van der Waals surface area contributed by atoms with Gasteiger partial charge in [0.15, 0.2) is 0 Å². The average Bonchev–Trinajstić information content (AvgIpc) is 2.77. The number of nitrogens with two attached hydrogens (primary N) is 1. The van der Waals surface area contributed by atoms with Crippen molar-refractivity contribution in [1.82, 2.24) is 5.32 Å². The summed E-state index contributed by atoms with van der Waals surface area (Å²) < 4.78 is 0. The number of amides is 1. The number of nitrogens with one attached hydrogen (secondary N) is 1. The summed E-state index contributed by atoms with van der Waals surface area (Å²) in [4.78, 5) is 12.2. The second kappa shape index (κ2) is 5.29. The Bertz CT molecular complexity index is 441. The summed E-state index contributed by atoms with van der Waals surface area (Å²) in [5.74, 6) is -0.0486. The molecule has 4 heteroatoms. The van der Waals surface area contributed by atoms with Crippen LogP contribution >= 0.6 is 11.6 Å². The Hall–Kier alpha value is -1.06. The van der Waals surface area contributed by atoms with Gasteiger partial charge in [0, 0.05) is 5.02 Å². The molecule has 0 radical (unpaired) electrons. The van der Waals surface area contributed by atoms with Crippen molar-refractivity contribution >= 4 is 17.5 Å². The molecule has 0 aromatic heterocycles. The molecule has 3 N–H and O–H groups in total. The maximum absolute atomic E-state index is 12.2. The van der Waals surface area contributed by atoms with E-state index in [1.165, 1.54) is 0 Å². The lowest BCUT2D eigenvalue weighted by Gasteiger charge is -2.25. The molecule has 1 unspecified atom stereocenters. The van der Waals surface area contributed by atoms with Gasteiger partial charge in [-0.3, -0.25) is 4.79 Å². The first-order valence-electron chi connectivity index (χ1n) is 6.36. The van der Waals surface area contributed by atoms with E-state index in [9.17, 15) is 4.79 Å². The molecule has 1 atom stereocenters. The Morgan fingerprint density at radius 2 is 2.11 bits per heavy atom. The molecule has 1 fully saturated rings. The van der Waals surface area contributed by atoms with Gasteiger partial charge in [0.05, 0.1) is 11.6 Å². The number of benzene rings is 1. The predicted molar refractivity (Wildman–Crippen MR) is 73.4 cm³/mol. The molecule has 98 valence electrons. The smallest absolute Gasteiger partial charge is 0.240 e.